The molecule has 0 heterocycles. The Morgan fingerprint density at radius 2 is 1.62 bits per heavy atom. The number of carboxylic acids is 1. The van der Waals surface area contributed by atoms with Crippen molar-refractivity contribution >= 4 is 11.9 Å². The number of benzene rings is 2. The van der Waals surface area contributed by atoms with Crippen LogP contribution in [0.25, 0.3) is 0 Å². The summed E-state index contributed by atoms with van der Waals surface area (Å²) in [6, 6.07) is 19.7. The van der Waals surface area contributed by atoms with Crippen molar-refractivity contribution in [2.45, 2.75) is 39.2 Å². The SMILES string of the molecule is CCOC(=O)C(CN(CCC(CC)C(=O)O)Cc1ccccc1)c1ccccc1. The molecule has 0 amide bonds. The number of rotatable bonds is 12. The second-order valence-electron chi connectivity index (χ2n) is 7.17. The zero-order valence-electron chi connectivity index (χ0n) is 17.3. The van der Waals surface area contributed by atoms with Gasteiger partial charge in [0.25, 0.3) is 0 Å². The maximum Gasteiger partial charge on any atom is 0.314 e. The molecule has 1 N–H and O–H groups in total. The summed E-state index contributed by atoms with van der Waals surface area (Å²) in [5.74, 6) is -1.81. The van der Waals surface area contributed by atoms with Crippen LogP contribution in [0.2, 0.25) is 0 Å². The lowest BCUT2D eigenvalue weighted by molar-refractivity contribution is -0.146. The monoisotopic (exact) mass is 397 g/mol. The fraction of sp³-hybridized carbons (Fsp3) is 0.417. The first-order chi connectivity index (χ1) is 14.0. The molecule has 2 unspecified atom stereocenters. The summed E-state index contributed by atoms with van der Waals surface area (Å²) in [6.45, 7) is 5.76. The van der Waals surface area contributed by atoms with E-state index in [2.05, 4.69) is 4.90 Å². The Bertz CT molecular complexity index is 748. The fourth-order valence-electron chi connectivity index (χ4n) is 3.42. The number of carbonyl (C=O) groups excluding carboxylic acids is 1. The van der Waals surface area contributed by atoms with Crippen molar-refractivity contribution in [2.75, 3.05) is 19.7 Å². The molecule has 0 saturated heterocycles. The molecule has 0 aliphatic heterocycles. The Kier molecular flexibility index (Phi) is 9.38. The molecule has 0 bridgehead atoms. The molecule has 2 atom stereocenters. The van der Waals surface area contributed by atoms with E-state index in [0.717, 1.165) is 11.1 Å². The Labute approximate surface area is 173 Å². The minimum absolute atomic E-state index is 0.248. The first-order valence-corrected chi connectivity index (χ1v) is 10.3. The fourth-order valence-corrected chi connectivity index (χ4v) is 3.42. The molecular weight excluding hydrogens is 366 g/mol. The largest absolute Gasteiger partial charge is 0.481 e. The molecule has 2 rings (SSSR count). The van der Waals surface area contributed by atoms with Gasteiger partial charge in [-0.15, -0.1) is 0 Å². The summed E-state index contributed by atoms with van der Waals surface area (Å²) in [6.07, 6.45) is 1.14. The third-order valence-corrected chi connectivity index (χ3v) is 5.10. The molecule has 0 aliphatic rings. The van der Waals surface area contributed by atoms with Crippen molar-refractivity contribution in [2.24, 2.45) is 5.92 Å². The van der Waals surface area contributed by atoms with Gasteiger partial charge < -0.3 is 9.84 Å². The van der Waals surface area contributed by atoms with Crippen molar-refractivity contribution in [3.05, 3.63) is 71.8 Å². The Balaban J connectivity index is 2.21. The molecule has 156 valence electrons. The van der Waals surface area contributed by atoms with Crippen LogP contribution in [-0.2, 0) is 20.9 Å². The van der Waals surface area contributed by atoms with E-state index in [1.165, 1.54) is 0 Å². The summed E-state index contributed by atoms with van der Waals surface area (Å²) in [5, 5.41) is 9.40. The predicted molar refractivity (Wildman–Crippen MR) is 114 cm³/mol. The predicted octanol–water partition coefficient (Wildman–Crippen LogP) is 4.34. The van der Waals surface area contributed by atoms with E-state index in [1.807, 2.05) is 67.6 Å². The summed E-state index contributed by atoms with van der Waals surface area (Å²) in [5.41, 5.74) is 2.04. The van der Waals surface area contributed by atoms with Gasteiger partial charge in [-0.1, -0.05) is 67.6 Å². The topological polar surface area (TPSA) is 66.8 Å². The maximum absolute atomic E-state index is 12.7. The van der Waals surface area contributed by atoms with E-state index in [9.17, 15) is 14.7 Å². The molecule has 29 heavy (non-hydrogen) atoms. The molecular formula is C24H31NO4. The van der Waals surface area contributed by atoms with Crippen LogP contribution in [0, 0.1) is 5.92 Å². The smallest absolute Gasteiger partial charge is 0.314 e. The van der Waals surface area contributed by atoms with Crippen molar-refractivity contribution in [1.29, 1.82) is 0 Å². The molecule has 0 fully saturated rings. The molecule has 0 spiro atoms. The Morgan fingerprint density at radius 1 is 1.00 bits per heavy atom. The number of carbonyl (C=O) groups is 2. The molecule has 5 heteroatoms. The van der Waals surface area contributed by atoms with Gasteiger partial charge in [-0.3, -0.25) is 14.5 Å². The molecule has 5 nitrogen and oxygen atoms in total. The maximum atomic E-state index is 12.7. The third-order valence-electron chi connectivity index (χ3n) is 5.10. The third kappa shape index (κ3) is 7.35. The average molecular weight is 398 g/mol. The van der Waals surface area contributed by atoms with Gasteiger partial charge in [-0.05, 0) is 37.4 Å². The quantitative estimate of drug-likeness (QED) is 0.540. The van der Waals surface area contributed by atoms with Gasteiger partial charge >= 0.3 is 11.9 Å². The lowest BCUT2D eigenvalue weighted by atomic mass is 9.97. The van der Waals surface area contributed by atoms with Crippen LogP contribution in [0.5, 0.6) is 0 Å². The number of ether oxygens (including phenoxy) is 1. The van der Waals surface area contributed by atoms with E-state index in [-0.39, 0.29) is 11.9 Å². The molecule has 0 radical (unpaired) electrons. The highest BCUT2D eigenvalue weighted by atomic mass is 16.5. The number of hydrogen-bond acceptors (Lipinski definition) is 4. The van der Waals surface area contributed by atoms with Crippen LogP contribution < -0.4 is 0 Å². The van der Waals surface area contributed by atoms with Gasteiger partial charge in [0.05, 0.1) is 18.4 Å². The zero-order chi connectivity index (χ0) is 21.1. The van der Waals surface area contributed by atoms with Gasteiger partial charge in [0.2, 0.25) is 0 Å². The highest BCUT2D eigenvalue weighted by Gasteiger charge is 2.26. The second-order valence-corrected chi connectivity index (χ2v) is 7.17. The molecule has 2 aromatic rings. The summed E-state index contributed by atoms with van der Waals surface area (Å²) >= 11 is 0. The number of hydrogen-bond donors (Lipinski definition) is 1. The van der Waals surface area contributed by atoms with E-state index in [4.69, 9.17) is 4.74 Å². The minimum Gasteiger partial charge on any atom is -0.481 e. The van der Waals surface area contributed by atoms with Crippen molar-refractivity contribution in [3.63, 3.8) is 0 Å². The zero-order valence-corrected chi connectivity index (χ0v) is 17.3. The normalized spacial score (nSPS) is 13.1. The molecule has 0 saturated carbocycles. The minimum atomic E-state index is -0.767. The number of esters is 1. The van der Waals surface area contributed by atoms with Crippen LogP contribution in [0.15, 0.2) is 60.7 Å². The highest BCUT2D eigenvalue weighted by molar-refractivity contribution is 5.78. The van der Waals surface area contributed by atoms with E-state index in [1.54, 1.807) is 6.92 Å². The van der Waals surface area contributed by atoms with Crippen LogP contribution in [0.3, 0.4) is 0 Å². The van der Waals surface area contributed by atoms with Crippen molar-refractivity contribution in [1.82, 2.24) is 4.90 Å². The number of carboxylic acid groups (broad SMARTS) is 1. The molecule has 2 aromatic carbocycles. The summed E-state index contributed by atoms with van der Waals surface area (Å²) < 4.78 is 5.33. The standard InChI is InChI=1S/C24H31NO4/c1-3-20(23(26)27)15-16-25(17-19-11-7-5-8-12-19)18-22(24(28)29-4-2)21-13-9-6-10-14-21/h5-14,20,22H,3-4,15-18H2,1-2H3,(H,26,27). The lowest BCUT2D eigenvalue weighted by Gasteiger charge is -2.28. The van der Waals surface area contributed by atoms with E-state index >= 15 is 0 Å². The first-order valence-electron chi connectivity index (χ1n) is 10.3. The van der Waals surface area contributed by atoms with Crippen molar-refractivity contribution in [3.8, 4) is 0 Å². The van der Waals surface area contributed by atoms with Crippen molar-refractivity contribution < 1.29 is 19.4 Å². The van der Waals surface area contributed by atoms with Gasteiger partial charge in [-0.25, -0.2) is 0 Å². The van der Waals surface area contributed by atoms with E-state index < -0.39 is 11.9 Å². The van der Waals surface area contributed by atoms with Crippen LogP contribution in [-0.4, -0.2) is 41.6 Å². The Morgan fingerprint density at radius 3 is 2.17 bits per heavy atom. The van der Waals surface area contributed by atoms with Gasteiger partial charge in [0.1, 0.15) is 0 Å². The number of nitrogens with zero attached hydrogens (tertiary/aromatic N) is 1. The average Bonchev–Trinajstić information content (AvgIpc) is 2.73. The first kappa shape index (κ1) is 22.6. The van der Waals surface area contributed by atoms with Crippen LogP contribution in [0.4, 0.5) is 0 Å². The number of aliphatic carboxylic acids is 1. The van der Waals surface area contributed by atoms with E-state index in [0.29, 0.717) is 39.1 Å². The lowest BCUT2D eigenvalue weighted by Crippen LogP contribution is -2.34. The second kappa shape index (κ2) is 12.0. The molecule has 0 aliphatic carbocycles. The molecule has 0 aromatic heterocycles. The van der Waals surface area contributed by atoms with Gasteiger partial charge in [-0.2, -0.15) is 0 Å². The van der Waals surface area contributed by atoms with Crippen LogP contribution in [0.1, 0.15) is 43.7 Å². The summed E-state index contributed by atoms with van der Waals surface area (Å²) in [7, 11) is 0. The van der Waals surface area contributed by atoms with Gasteiger partial charge in [0, 0.05) is 13.1 Å². The highest BCUT2D eigenvalue weighted by Crippen LogP contribution is 2.21. The van der Waals surface area contributed by atoms with Crippen LogP contribution >= 0.6 is 0 Å². The Hall–Kier alpha value is -2.66. The summed E-state index contributed by atoms with van der Waals surface area (Å²) in [4.78, 5) is 26.3. The van der Waals surface area contributed by atoms with Gasteiger partial charge in [0.15, 0.2) is 0 Å².